The van der Waals surface area contributed by atoms with Crippen LogP contribution in [-0.2, 0) is 14.8 Å². The molecule has 0 aromatic heterocycles. The van der Waals surface area contributed by atoms with Crippen molar-refractivity contribution in [1.29, 1.82) is 5.26 Å². The highest BCUT2D eigenvalue weighted by atomic mass is 32.2. The first-order valence-electron chi connectivity index (χ1n) is 6.22. The maximum absolute atomic E-state index is 12.0. The number of aryl methyl sites for hydroxylation is 1. The van der Waals surface area contributed by atoms with Crippen LogP contribution >= 0.6 is 0 Å². The van der Waals surface area contributed by atoms with Crippen LogP contribution in [0.4, 0.5) is 0 Å². The van der Waals surface area contributed by atoms with Crippen molar-refractivity contribution >= 4 is 15.9 Å². The highest BCUT2D eigenvalue weighted by molar-refractivity contribution is 7.89. The number of sulfonamides is 1. The Kier molecular flexibility index (Phi) is 4.06. The molecular formula is C13H15N3O3S. The van der Waals surface area contributed by atoms with E-state index in [1.165, 1.54) is 18.2 Å². The van der Waals surface area contributed by atoms with Gasteiger partial charge in [-0.15, -0.1) is 0 Å². The number of nitriles is 1. The minimum absolute atomic E-state index is 0.0493. The second-order valence-electron chi connectivity index (χ2n) is 4.75. The molecule has 1 aromatic rings. The Bertz CT molecular complexity index is 673. The molecule has 2 rings (SSSR count). The summed E-state index contributed by atoms with van der Waals surface area (Å²) in [6, 6.07) is 6.39. The minimum Gasteiger partial charge on any atom is -0.352 e. The van der Waals surface area contributed by atoms with Gasteiger partial charge in [-0.3, -0.25) is 4.79 Å². The zero-order valence-electron chi connectivity index (χ0n) is 11.0. The average Bonchev–Trinajstić information content (AvgIpc) is 3.20. The Hall–Kier alpha value is -1.91. The fourth-order valence-corrected chi connectivity index (χ4v) is 2.75. The molecule has 0 unspecified atom stereocenters. The number of benzene rings is 1. The van der Waals surface area contributed by atoms with Crippen LogP contribution in [0.2, 0.25) is 0 Å². The molecule has 1 amide bonds. The standard InChI is InChI=1S/C13H15N3O3S/c1-9-6-12(5-2-10(9)7-14)20(18,19)15-8-13(17)16-11-3-4-11/h2,5-6,11,15H,3-4,8H2,1H3,(H,16,17). The number of amides is 1. The Morgan fingerprint density at radius 1 is 1.45 bits per heavy atom. The van der Waals surface area contributed by atoms with E-state index in [-0.39, 0.29) is 23.4 Å². The van der Waals surface area contributed by atoms with Gasteiger partial charge in [0.15, 0.2) is 0 Å². The van der Waals surface area contributed by atoms with E-state index in [4.69, 9.17) is 5.26 Å². The maximum Gasteiger partial charge on any atom is 0.241 e. The summed E-state index contributed by atoms with van der Waals surface area (Å²) in [7, 11) is -3.74. The Morgan fingerprint density at radius 2 is 2.15 bits per heavy atom. The van der Waals surface area contributed by atoms with Crippen molar-refractivity contribution in [3.8, 4) is 6.07 Å². The molecule has 7 heteroatoms. The van der Waals surface area contributed by atoms with Gasteiger partial charge in [0.2, 0.25) is 15.9 Å². The summed E-state index contributed by atoms with van der Waals surface area (Å²) in [4.78, 5) is 11.5. The van der Waals surface area contributed by atoms with Crippen molar-refractivity contribution in [2.45, 2.75) is 30.7 Å². The van der Waals surface area contributed by atoms with Gasteiger partial charge in [0.05, 0.1) is 23.1 Å². The molecule has 0 bridgehead atoms. The zero-order valence-corrected chi connectivity index (χ0v) is 11.8. The topological polar surface area (TPSA) is 99.1 Å². The van der Waals surface area contributed by atoms with E-state index in [2.05, 4.69) is 10.0 Å². The molecule has 2 N–H and O–H groups in total. The van der Waals surface area contributed by atoms with Crippen molar-refractivity contribution in [1.82, 2.24) is 10.0 Å². The van der Waals surface area contributed by atoms with Gasteiger partial charge < -0.3 is 5.32 Å². The fourth-order valence-electron chi connectivity index (χ4n) is 1.68. The summed E-state index contributed by atoms with van der Waals surface area (Å²) in [6.45, 7) is 1.38. The molecule has 0 radical (unpaired) electrons. The van der Waals surface area contributed by atoms with Gasteiger partial charge in [-0.25, -0.2) is 13.1 Å². The molecule has 1 aliphatic carbocycles. The molecule has 0 spiro atoms. The van der Waals surface area contributed by atoms with Crippen LogP contribution in [0, 0.1) is 18.3 Å². The lowest BCUT2D eigenvalue weighted by molar-refractivity contribution is -0.120. The van der Waals surface area contributed by atoms with Crippen molar-refractivity contribution in [3.05, 3.63) is 29.3 Å². The van der Waals surface area contributed by atoms with E-state index >= 15 is 0 Å². The van der Waals surface area contributed by atoms with Crippen molar-refractivity contribution in [2.24, 2.45) is 0 Å². The van der Waals surface area contributed by atoms with Gasteiger partial charge in [-0.2, -0.15) is 5.26 Å². The van der Waals surface area contributed by atoms with Crippen LogP contribution in [0.5, 0.6) is 0 Å². The van der Waals surface area contributed by atoms with Crippen molar-refractivity contribution in [3.63, 3.8) is 0 Å². The van der Waals surface area contributed by atoms with Gasteiger partial charge >= 0.3 is 0 Å². The molecule has 0 atom stereocenters. The summed E-state index contributed by atoms with van der Waals surface area (Å²) in [6.07, 6.45) is 1.90. The van der Waals surface area contributed by atoms with Crippen LogP contribution in [0.15, 0.2) is 23.1 Å². The second-order valence-corrected chi connectivity index (χ2v) is 6.52. The van der Waals surface area contributed by atoms with E-state index < -0.39 is 10.0 Å². The molecule has 6 nitrogen and oxygen atoms in total. The zero-order chi connectivity index (χ0) is 14.8. The van der Waals surface area contributed by atoms with Gasteiger partial charge in [0.1, 0.15) is 0 Å². The van der Waals surface area contributed by atoms with E-state index in [1.54, 1.807) is 6.92 Å². The van der Waals surface area contributed by atoms with E-state index in [0.29, 0.717) is 11.1 Å². The third-order valence-corrected chi connectivity index (χ3v) is 4.39. The Labute approximate surface area is 117 Å². The number of carbonyl (C=O) groups excluding carboxylic acids is 1. The summed E-state index contributed by atoms with van der Waals surface area (Å²) < 4.78 is 26.3. The highest BCUT2D eigenvalue weighted by Gasteiger charge is 2.24. The van der Waals surface area contributed by atoms with Crippen molar-refractivity contribution < 1.29 is 13.2 Å². The molecule has 0 heterocycles. The monoisotopic (exact) mass is 293 g/mol. The van der Waals surface area contributed by atoms with Crippen LogP contribution < -0.4 is 10.0 Å². The number of hydrogen-bond donors (Lipinski definition) is 2. The normalized spacial score (nSPS) is 14.6. The van der Waals surface area contributed by atoms with Crippen LogP contribution in [0.25, 0.3) is 0 Å². The number of rotatable bonds is 5. The minimum atomic E-state index is -3.74. The number of carbonyl (C=O) groups is 1. The van der Waals surface area contributed by atoms with Crippen LogP contribution in [-0.4, -0.2) is 26.9 Å². The quantitative estimate of drug-likeness (QED) is 0.822. The Balaban J connectivity index is 2.04. The largest absolute Gasteiger partial charge is 0.352 e. The predicted octanol–water partition coefficient (Wildman–Crippen LogP) is 0.424. The number of nitrogens with zero attached hydrogens (tertiary/aromatic N) is 1. The molecule has 20 heavy (non-hydrogen) atoms. The lowest BCUT2D eigenvalue weighted by atomic mass is 10.1. The molecule has 1 saturated carbocycles. The lowest BCUT2D eigenvalue weighted by Crippen LogP contribution is -2.37. The molecular weight excluding hydrogens is 278 g/mol. The molecule has 1 fully saturated rings. The van der Waals surface area contributed by atoms with E-state index in [0.717, 1.165) is 12.8 Å². The summed E-state index contributed by atoms with van der Waals surface area (Å²) in [5, 5.41) is 11.5. The predicted molar refractivity (Wildman–Crippen MR) is 72.2 cm³/mol. The first-order valence-corrected chi connectivity index (χ1v) is 7.70. The second kappa shape index (κ2) is 5.61. The molecule has 1 aliphatic rings. The van der Waals surface area contributed by atoms with E-state index in [9.17, 15) is 13.2 Å². The van der Waals surface area contributed by atoms with Crippen LogP contribution in [0.1, 0.15) is 24.0 Å². The Morgan fingerprint density at radius 3 is 2.70 bits per heavy atom. The first-order chi connectivity index (χ1) is 9.42. The third-order valence-electron chi connectivity index (χ3n) is 2.99. The molecule has 1 aromatic carbocycles. The fraction of sp³-hybridized carbons (Fsp3) is 0.385. The summed E-state index contributed by atoms with van der Waals surface area (Å²) in [5.74, 6) is -0.332. The SMILES string of the molecule is Cc1cc(S(=O)(=O)NCC(=O)NC2CC2)ccc1C#N. The average molecular weight is 293 g/mol. The van der Waals surface area contributed by atoms with Crippen molar-refractivity contribution in [2.75, 3.05) is 6.54 Å². The van der Waals surface area contributed by atoms with E-state index in [1.807, 2.05) is 6.07 Å². The molecule has 0 aliphatic heterocycles. The molecule has 106 valence electrons. The van der Waals surface area contributed by atoms with Gasteiger partial charge in [0, 0.05) is 6.04 Å². The number of hydrogen-bond acceptors (Lipinski definition) is 4. The first kappa shape index (κ1) is 14.5. The third kappa shape index (κ3) is 3.56. The lowest BCUT2D eigenvalue weighted by Gasteiger charge is -2.08. The summed E-state index contributed by atoms with van der Waals surface area (Å²) in [5.41, 5.74) is 1.01. The smallest absolute Gasteiger partial charge is 0.241 e. The molecule has 0 saturated heterocycles. The van der Waals surface area contributed by atoms with Gasteiger partial charge in [-0.05, 0) is 43.5 Å². The summed E-state index contributed by atoms with van der Waals surface area (Å²) >= 11 is 0. The van der Waals surface area contributed by atoms with Gasteiger partial charge in [-0.1, -0.05) is 0 Å². The maximum atomic E-state index is 12.0. The van der Waals surface area contributed by atoms with Gasteiger partial charge in [0.25, 0.3) is 0 Å². The van der Waals surface area contributed by atoms with Crippen LogP contribution in [0.3, 0.4) is 0 Å². The highest BCUT2D eigenvalue weighted by Crippen LogP contribution is 2.18. The number of nitrogens with one attached hydrogen (secondary N) is 2.